The summed E-state index contributed by atoms with van der Waals surface area (Å²) in [5, 5.41) is 0. The molecule has 0 aliphatic carbocycles. The van der Waals surface area contributed by atoms with Crippen molar-refractivity contribution in [2.45, 2.75) is 0 Å². The van der Waals surface area contributed by atoms with Gasteiger partial charge in [-0.2, -0.15) is 0 Å². The van der Waals surface area contributed by atoms with Crippen LogP contribution < -0.4 is 59.5 Å². The van der Waals surface area contributed by atoms with E-state index in [1.165, 1.54) is 0 Å². The van der Waals surface area contributed by atoms with Gasteiger partial charge < -0.3 is 36.9 Å². The first-order valence-electron chi connectivity index (χ1n) is 2.00. The molecule has 0 rings (SSSR count). The summed E-state index contributed by atoms with van der Waals surface area (Å²) >= 11 is -18.1. The zero-order valence-electron chi connectivity index (χ0n) is 12.4. The minimum Gasteiger partial charge on any atom is 0 e. The van der Waals surface area contributed by atoms with Crippen LogP contribution in [-0.2, 0) is 91.0 Å². The number of hydrogen-bond acceptors (Lipinski definition) is 12. The third-order valence-electron chi connectivity index (χ3n) is 0. The van der Waals surface area contributed by atoms with Gasteiger partial charge in [-0.1, -0.05) is 0 Å². The molecule has 0 aliphatic rings. The molecule has 0 aromatic heterocycles. The van der Waals surface area contributed by atoms with Crippen molar-refractivity contribution >= 4 is 0 Å². The molecule has 0 aromatic rings. The Bertz CT molecular complexity index is 356. The maximum atomic E-state index is 8.63. The molecular weight excluding hydrogens is 670 g/mol. The molecule has 24 N–H and O–H groups in total. The fraction of sp³-hybridized carbons (Fsp3) is 0. The molecule has 0 saturated carbocycles. The standard InChI is InChI=1S/3Mo.6H3N.12O.Pd/h;;;6*1H3;;;;;;;;;;;;;/q;;;;;;;;;;;;;;;6*-1;/p+6. The molecule has 0 bridgehead atoms. The van der Waals surface area contributed by atoms with Crippen LogP contribution in [0.1, 0.15) is 0 Å². The van der Waals surface area contributed by atoms with Crippen molar-refractivity contribution in [3.05, 3.63) is 0 Å². The van der Waals surface area contributed by atoms with Crippen molar-refractivity contribution in [3.8, 4) is 0 Å². The maximum absolute atomic E-state index is 8.63. The largest absolute Gasteiger partial charge is 0 e. The first kappa shape index (κ1) is 65.8. The van der Waals surface area contributed by atoms with Gasteiger partial charge in [0, 0.05) is 20.4 Å². The molecule has 0 spiro atoms. The molecule has 22 heavy (non-hydrogen) atoms. The summed E-state index contributed by atoms with van der Waals surface area (Å²) in [5.74, 6) is 0. The zero-order chi connectivity index (χ0) is 13.5. The zero-order valence-corrected chi connectivity index (χ0v) is 20.0. The average Bonchev–Trinajstić information content (AvgIpc) is 1.41. The Morgan fingerprint density at radius 3 is 0.364 bits per heavy atom. The second-order valence-corrected chi connectivity index (χ2v) is 7.25. The van der Waals surface area contributed by atoms with E-state index in [0.717, 1.165) is 0 Å². The van der Waals surface area contributed by atoms with Gasteiger partial charge in [0.2, 0.25) is 0 Å². The second kappa shape index (κ2) is 26.9. The second-order valence-electron chi connectivity index (χ2n) is 1.22. The molecule has 0 fully saturated rings. The number of hydrogen-bond donors (Lipinski definition) is 6. The molecule has 0 heterocycles. The van der Waals surface area contributed by atoms with Gasteiger partial charge in [0.05, 0.1) is 0 Å². The normalized spacial score (nSPS) is 7.91. The van der Waals surface area contributed by atoms with Crippen LogP contribution in [0.3, 0.4) is 0 Å². The summed E-state index contributed by atoms with van der Waals surface area (Å²) in [6.07, 6.45) is 0. The molecule has 0 amide bonds. The SMILES string of the molecule is [NH4+].[NH4+].[NH4+].[NH4+].[NH4+].[NH4+].[O]=[Mo](=[O])([O-])[O-].[O]=[Mo](=[O])([O-])[O-].[O]=[Mo](=[O])([O-])[O-].[Pd]. The van der Waals surface area contributed by atoms with Crippen molar-refractivity contribution in [2.75, 3.05) is 0 Å². The van der Waals surface area contributed by atoms with Crippen LogP contribution >= 0.6 is 0 Å². The smallest absolute Gasteiger partial charge is 0 e. The predicted molar refractivity (Wildman–Crippen MR) is 40.0 cm³/mol. The van der Waals surface area contributed by atoms with E-state index in [9.17, 15) is 0 Å². The Morgan fingerprint density at radius 2 is 0.364 bits per heavy atom. The van der Waals surface area contributed by atoms with Gasteiger partial charge in [0.25, 0.3) is 0 Å². The molecule has 0 saturated heterocycles. The van der Waals surface area contributed by atoms with Crippen LogP contribution in [0.2, 0.25) is 0 Å². The first-order chi connectivity index (χ1) is 6.00. The Labute approximate surface area is 149 Å². The quantitative estimate of drug-likeness (QED) is 0.129. The summed E-state index contributed by atoms with van der Waals surface area (Å²) < 4.78 is 104. The van der Waals surface area contributed by atoms with E-state index >= 15 is 0 Å². The summed E-state index contributed by atoms with van der Waals surface area (Å²) in [4.78, 5) is 0. The number of rotatable bonds is 0. The third kappa shape index (κ3) is 7710. The van der Waals surface area contributed by atoms with Crippen LogP contribution in [0.15, 0.2) is 0 Å². The van der Waals surface area contributed by atoms with Gasteiger partial charge in [-0.05, 0) is 0 Å². The van der Waals surface area contributed by atoms with Gasteiger partial charge in [-0.3, -0.25) is 0 Å². The van der Waals surface area contributed by atoms with Crippen molar-refractivity contribution in [1.82, 2.24) is 36.9 Å². The minimum atomic E-state index is -6.02. The molecule has 154 valence electrons. The fourth-order valence-corrected chi connectivity index (χ4v) is 0. The minimum absolute atomic E-state index is 0. The molecule has 18 nitrogen and oxygen atoms in total. The third-order valence-corrected chi connectivity index (χ3v) is 0. The Balaban J connectivity index is -0.0000000106. The van der Waals surface area contributed by atoms with Gasteiger partial charge in [-0.25, -0.2) is 0 Å². The van der Waals surface area contributed by atoms with Gasteiger partial charge in [0.1, 0.15) is 0 Å². The average molecular weight is 694 g/mol. The topological polar surface area (TPSA) is 460 Å². The fourth-order valence-electron chi connectivity index (χ4n) is 0. The van der Waals surface area contributed by atoms with Crippen LogP contribution in [0, 0.1) is 0 Å². The summed E-state index contributed by atoms with van der Waals surface area (Å²) in [6, 6.07) is 0. The molecule has 0 atom stereocenters. The summed E-state index contributed by atoms with van der Waals surface area (Å²) in [5.41, 5.74) is 0. The Kier molecular flexibility index (Phi) is 80.5. The summed E-state index contributed by atoms with van der Waals surface area (Å²) in [7, 11) is 0. The van der Waals surface area contributed by atoms with Gasteiger partial charge in [-0.15, -0.1) is 0 Å². The van der Waals surface area contributed by atoms with Crippen LogP contribution in [0.25, 0.3) is 0 Å². The molecule has 0 unspecified atom stereocenters. The Morgan fingerprint density at radius 1 is 0.364 bits per heavy atom. The van der Waals surface area contributed by atoms with Crippen molar-refractivity contribution in [2.24, 2.45) is 0 Å². The van der Waals surface area contributed by atoms with E-state index in [2.05, 4.69) is 0 Å². The van der Waals surface area contributed by atoms with Gasteiger partial charge in [0.15, 0.2) is 0 Å². The van der Waals surface area contributed by atoms with Crippen molar-refractivity contribution in [3.63, 3.8) is 0 Å². The number of quaternary nitrogens is 6. The first-order valence-corrected chi connectivity index (χ1v) is 11.8. The molecule has 0 radical (unpaired) electrons. The van der Waals surface area contributed by atoms with E-state index in [1.54, 1.807) is 0 Å². The molecule has 0 aromatic carbocycles. The van der Waals surface area contributed by atoms with Crippen LogP contribution in [0.4, 0.5) is 0 Å². The molecule has 22 heteroatoms. The molecule has 0 aliphatic heterocycles. The van der Waals surface area contributed by atoms with Crippen LogP contribution in [0.5, 0.6) is 0 Å². The van der Waals surface area contributed by atoms with Crippen molar-refractivity contribution < 1.29 is 114 Å². The van der Waals surface area contributed by atoms with E-state index in [0.29, 0.717) is 0 Å². The van der Waals surface area contributed by atoms with E-state index < -0.39 is 50.2 Å². The molecular formula is H24Mo3N6O12Pd. The monoisotopic (exact) mass is 700 g/mol. The Hall–Kier alpha value is 1.05. The van der Waals surface area contributed by atoms with E-state index in [4.69, 9.17) is 42.9 Å². The van der Waals surface area contributed by atoms with E-state index in [1.807, 2.05) is 0 Å². The van der Waals surface area contributed by atoms with E-state index in [-0.39, 0.29) is 57.3 Å². The summed E-state index contributed by atoms with van der Waals surface area (Å²) in [6.45, 7) is 0. The maximum Gasteiger partial charge on any atom is 0 e. The van der Waals surface area contributed by atoms with Crippen LogP contribution in [-0.4, -0.2) is 0 Å². The predicted octanol–water partition coefficient (Wildman–Crippen LogP) is -5.60. The van der Waals surface area contributed by atoms with Gasteiger partial charge >= 0.3 is 93.2 Å². The van der Waals surface area contributed by atoms with Crippen molar-refractivity contribution in [1.29, 1.82) is 0 Å².